The van der Waals surface area contributed by atoms with Gasteiger partial charge in [-0.2, -0.15) is 13.2 Å². The Morgan fingerprint density at radius 2 is 1.78 bits per heavy atom. The molecule has 18 heavy (non-hydrogen) atoms. The van der Waals surface area contributed by atoms with Crippen LogP contribution in [0.15, 0.2) is 24.3 Å². The molecule has 0 bridgehead atoms. The van der Waals surface area contributed by atoms with Gasteiger partial charge in [-0.1, -0.05) is 18.2 Å². The van der Waals surface area contributed by atoms with Crippen LogP contribution in [0.2, 0.25) is 0 Å². The fraction of sp³-hybridized carbons (Fsp3) is 0.571. The smallest absolute Gasteiger partial charge is 0.393 e. The van der Waals surface area contributed by atoms with Crippen LogP contribution in [-0.4, -0.2) is 11.2 Å². The summed E-state index contributed by atoms with van der Waals surface area (Å²) in [5.74, 6) is 0.400. The number of aliphatic hydroxyl groups is 1. The van der Waals surface area contributed by atoms with E-state index in [0.29, 0.717) is 12.3 Å². The van der Waals surface area contributed by atoms with Gasteiger partial charge in [0.1, 0.15) is 0 Å². The van der Waals surface area contributed by atoms with Crippen LogP contribution in [0.3, 0.4) is 0 Å². The van der Waals surface area contributed by atoms with Crippen molar-refractivity contribution < 1.29 is 18.3 Å². The molecule has 0 spiro atoms. The molecule has 1 nitrogen and oxygen atoms in total. The van der Waals surface area contributed by atoms with Crippen LogP contribution in [0.5, 0.6) is 0 Å². The van der Waals surface area contributed by atoms with Gasteiger partial charge in [-0.15, -0.1) is 0 Å². The van der Waals surface area contributed by atoms with Crippen LogP contribution >= 0.6 is 0 Å². The summed E-state index contributed by atoms with van der Waals surface area (Å²) in [6, 6.07) is 5.56. The maximum absolute atomic E-state index is 12.6. The molecule has 1 aromatic carbocycles. The highest BCUT2D eigenvalue weighted by Crippen LogP contribution is 2.31. The number of alkyl halides is 3. The zero-order valence-corrected chi connectivity index (χ0v) is 10.1. The molecule has 1 saturated carbocycles. The molecule has 1 aliphatic carbocycles. The zero-order chi connectivity index (χ0) is 13.2. The Labute approximate surface area is 105 Å². The second-order valence-corrected chi connectivity index (χ2v) is 5.08. The van der Waals surface area contributed by atoms with Crippen LogP contribution in [0.25, 0.3) is 0 Å². The fourth-order valence-corrected chi connectivity index (χ4v) is 2.56. The molecule has 0 radical (unpaired) electrons. The van der Waals surface area contributed by atoms with Crippen LogP contribution in [-0.2, 0) is 12.6 Å². The fourth-order valence-electron chi connectivity index (χ4n) is 2.56. The molecule has 1 aliphatic rings. The molecule has 100 valence electrons. The Balaban J connectivity index is 2.01. The average Bonchev–Trinajstić information content (AvgIpc) is 2.31. The quantitative estimate of drug-likeness (QED) is 0.855. The maximum Gasteiger partial charge on any atom is 0.416 e. The van der Waals surface area contributed by atoms with Gasteiger partial charge in [-0.25, -0.2) is 0 Å². The highest BCUT2D eigenvalue weighted by molar-refractivity contribution is 5.26. The van der Waals surface area contributed by atoms with Crippen molar-refractivity contribution in [2.75, 3.05) is 0 Å². The first-order valence-electron chi connectivity index (χ1n) is 6.29. The predicted octanol–water partition coefficient (Wildman–Crippen LogP) is 3.80. The van der Waals surface area contributed by atoms with Crippen molar-refractivity contribution in [2.45, 2.75) is 44.4 Å². The normalized spacial score (nSPS) is 25.1. The summed E-state index contributed by atoms with van der Waals surface area (Å²) in [5.41, 5.74) is 0.169. The molecule has 4 heteroatoms. The first kappa shape index (κ1) is 13.4. The summed E-state index contributed by atoms with van der Waals surface area (Å²) >= 11 is 0. The Hall–Kier alpha value is -1.03. The number of hydrogen-bond acceptors (Lipinski definition) is 1. The molecule has 0 saturated heterocycles. The second kappa shape index (κ2) is 5.31. The van der Waals surface area contributed by atoms with E-state index in [9.17, 15) is 18.3 Å². The van der Waals surface area contributed by atoms with E-state index in [4.69, 9.17) is 0 Å². The minimum Gasteiger partial charge on any atom is -0.393 e. The summed E-state index contributed by atoms with van der Waals surface area (Å²) in [5, 5.41) is 9.40. The van der Waals surface area contributed by atoms with E-state index in [0.717, 1.165) is 37.3 Å². The maximum atomic E-state index is 12.6. The van der Waals surface area contributed by atoms with Gasteiger partial charge in [0.2, 0.25) is 0 Å². The lowest BCUT2D eigenvalue weighted by atomic mass is 9.83. The topological polar surface area (TPSA) is 20.2 Å². The number of hydrogen-bond donors (Lipinski definition) is 1. The lowest BCUT2D eigenvalue weighted by Crippen LogP contribution is -2.19. The molecule has 2 rings (SSSR count). The third-order valence-electron chi connectivity index (χ3n) is 3.59. The highest BCUT2D eigenvalue weighted by atomic mass is 19.4. The summed E-state index contributed by atoms with van der Waals surface area (Å²) in [6.07, 6.45) is -0.472. The van der Waals surface area contributed by atoms with E-state index >= 15 is 0 Å². The van der Waals surface area contributed by atoms with Gasteiger partial charge in [0.15, 0.2) is 0 Å². The van der Waals surface area contributed by atoms with E-state index in [-0.39, 0.29) is 6.10 Å². The number of benzene rings is 1. The molecule has 0 amide bonds. The van der Waals surface area contributed by atoms with Crippen molar-refractivity contribution in [3.05, 3.63) is 35.4 Å². The SMILES string of the molecule is OC1CCC(Cc2cccc(C(F)(F)F)c2)CC1. The van der Waals surface area contributed by atoms with E-state index in [1.54, 1.807) is 6.07 Å². The molecule has 0 aliphatic heterocycles. The Kier molecular flexibility index (Phi) is 3.95. The van der Waals surface area contributed by atoms with Gasteiger partial charge in [-0.3, -0.25) is 0 Å². The van der Waals surface area contributed by atoms with E-state index in [2.05, 4.69) is 0 Å². The van der Waals surface area contributed by atoms with Gasteiger partial charge in [-0.05, 0) is 49.7 Å². The minimum absolute atomic E-state index is 0.220. The first-order chi connectivity index (χ1) is 8.45. The van der Waals surface area contributed by atoms with E-state index in [1.165, 1.54) is 12.1 Å². The largest absolute Gasteiger partial charge is 0.416 e. The lowest BCUT2D eigenvalue weighted by Gasteiger charge is -2.25. The number of halogens is 3. The molecule has 0 atom stereocenters. The van der Waals surface area contributed by atoms with Gasteiger partial charge in [0.25, 0.3) is 0 Å². The summed E-state index contributed by atoms with van der Waals surface area (Å²) in [6.45, 7) is 0. The van der Waals surface area contributed by atoms with Crippen molar-refractivity contribution in [3.63, 3.8) is 0 Å². The summed E-state index contributed by atoms with van der Waals surface area (Å²) < 4.78 is 37.7. The third-order valence-corrected chi connectivity index (χ3v) is 3.59. The predicted molar refractivity (Wildman–Crippen MR) is 63.1 cm³/mol. The highest BCUT2D eigenvalue weighted by Gasteiger charge is 2.30. The molecule has 0 heterocycles. The van der Waals surface area contributed by atoms with Crippen molar-refractivity contribution in [1.82, 2.24) is 0 Å². The second-order valence-electron chi connectivity index (χ2n) is 5.08. The van der Waals surface area contributed by atoms with Crippen molar-refractivity contribution in [1.29, 1.82) is 0 Å². The standard InChI is InChI=1S/C14H17F3O/c15-14(16,17)12-3-1-2-11(9-12)8-10-4-6-13(18)7-5-10/h1-3,9-10,13,18H,4-8H2. The van der Waals surface area contributed by atoms with Crippen LogP contribution < -0.4 is 0 Å². The minimum atomic E-state index is -4.27. The van der Waals surface area contributed by atoms with Gasteiger partial charge >= 0.3 is 6.18 Å². The molecule has 1 aromatic rings. The lowest BCUT2D eigenvalue weighted by molar-refractivity contribution is -0.137. The van der Waals surface area contributed by atoms with Crippen molar-refractivity contribution in [3.8, 4) is 0 Å². The van der Waals surface area contributed by atoms with Crippen LogP contribution in [0.4, 0.5) is 13.2 Å². The summed E-state index contributed by atoms with van der Waals surface area (Å²) in [7, 11) is 0. The number of rotatable bonds is 2. The van der Waals surface area contributed by atoms with Crippen LogP contribution in [0, 0.1) is 5.92 Å². The van der Waals surface area contributed by atoms with Crippen LogP contribution in [0.1, 0.15) is 36.8 Å². The van der Waals surface area contributed by atoms with Crippen molar-refractivity contribution >= 4 is 0 Å². The molecular formula is C14H17F3O. The van der Waals surface area contributed by atoms with E-state index < -0.39 is 11.7 Å². The molecule has 0 aromatic heterocycles. The van der Waals surface area contributed by atoms with Gasteiger partial charge < -0.3 is 5.11 Å². The molecule has 1 N–H and O–H groups in total. The Morgan fingerprint density at radius 1 is 1.11 bits per heavy atom. The average molecular weight is 258 g/mol. The molecular weight excluding hydrogens is 241 g/mol. The monoisotopic (exact) mass is 258 g/mol. The zero-order valence-electron chi connectivity index (χ0n) is 10.1. The van der Waals surface area contributed by atoms with Gasteiger partial charge in [0, 0.05) is 0 Å². The van der Waals surface area contributed by atoms with E-state index in [1.807, 2.05) is 0 Å². The summed E-state index contributed by atoms with van der Waals surface area (Å²) in [4.78, 5) is 0. The molecule has 1 fully saturated rings. The Morgan fingerprint density at radius 3 is 2.39 bits per heavy atom. The third kappa shape index (κ3) is 3.48. The number of aliphatic hydroxyl groups excluding tert-OH is 1. The molecule has 0 unspecified atom stereocenters. The van der Waals surface area contributed by atoms with Crippen molar-refractivity contribution in [2.24, 2.45) is 5.92 Å². The first-order valence-corrected chi connectivity index (χ1v) is 6.29. The Bertz CT molecular complexity index is 392. The van der Waals surface area contributed by atoms with Gasteiger partial charge in [0.05, 0.1) is 11.7 Å².